The Morgan fingerprint density at radius 1 is 1.32 bits per heavy atom. The highest BCUT2D eigenvalue weighted by atomic mass is 19.4. The monoisotopic (exact) mass is 272 g/mol. The molecule has 0 aliphatic heterocycles. The van der Waals surface area contributed by atoms with Gasteiger partial charge >= 0.3 is 6.18 Å². The Kier molecular flexibility index (Phi) is 3.54. The van der Waals surface area contributed by atoms with E-state index in [0.29, 0.717) is 12.8 Å². The number of benzene rings is 1. The molecule has 1 aliphatic rings. The van der Waals surface area contributed by atoms with Crippen molar-refractivity contribution in [3.63, 3.8) is 0 Å². The van der Waals surface area contributed by atoms with Crippen molar-refractivity contribution in [2.45, 2.75) is 31.0 Å². The number of nitrogens with one attached hydrogen (secondary N) is 1. The Bertz CT molecular complexity index is 481. The molecule has 0 aromatic heterocycles. The lowest BCUT2D eigenvalue weighted by molar-refractivity contribution is -0.139. The van der Waals surface area contributed by atoms with Crippen LogP contribution in [0.15, 0.2) is 24.3 Å². The van der Waals surface area contributed by atoms with Crippen molar-refractivity contribution in [1.29, 1.82) is 0 Å². The lowest BCUT2D eigenvalue weighted by Crippen LogP contribution is -2.37. The van der Waals surface area contributed by atoms with E-state index >= 15 is 0 Å². The minimum atomic E-state index is -4.41. The Balaban J connectivity index is 2.29. The first kappa shape index (κ1) is 13.9. The number of nitrogens with two attached hydrogens (primary N) is 1. The Labute approximate surface area is 109 Å². The van der Waals surface area contributed by atoms with Crippen LogP contribution in [0.3, 0.4) is 0 Å². The van der Waals surface area contributed by atoms with E-state index in [0.717, 1.165) is 6.07 Å². The number of amides is 1. The van der Waals surface area contributed by atoms with Crippen LogP contribution in [0.5, 0.6) is 0 Å². The minimum absolute atomic E-state index is 0.121. The minimum Gasteiger partial charge on any atom is -0.347 e. The number of halogens is 3. The molecule has 0 bridgehead atoms. The van der Waals surface area contributed by atoms with E-state index in [2.05, 4.69) is 5.32 Å². The number of carbonyl (C=O) groups excluding carboxylic acids is 1. The van der Waals surface area contributed by atoms with Gasteiger partial charge in [0.25, 0.3) is 0 Å². The molecular formula is C13H15F3N2O. The van der Waals surface area contributed by atoms with Crippen LogP contribution in [0.25, 0.3) is 0 Å². The average Bonchev–Trinajstić information content (AvgIpc) is 3.09. The molecule has 104 valence electrons. The van der Waals surface area contributed by atoms with Crippen LogP contribution < -0.4 is 11.1 Å². The molecule has 0 heterocycles. The summed E-state index contributed by atoms with van der Waals surface area (Å²) in [5.74, 6) is -0.308. The summed E-state index contributed by atoms with van der Waals surface area (Å²) in [5, 5.41) is 2.68. The SMILES string of the molecule is NCCC(=O)NC1(c2ccccc2C(F)(F)F)CC1. The molecule has 0 spiro atoms. The Morgan fingerprint density at radius 2 is 1.95 bits per heavy atom. The molecule has 1 aromatic rings. The maximum atomic E-state index is 13.0. The van der Waals surface area contributed by atoms with E-state index in [1.807, 2.05) is 0 Å². The molecule has 6 heteroatoms. The van der Waals surface area contributed by atoms with Crippen molar-refractivity contribution in [3.05, 3.63) is 35.4 Å². The van der Waals surface area contributed by atoms with E-state index in [1.54, 1.807) is 6.07 Å². The maximum absolute atomic E-state index is 13.0. The van der Waals surface area contributed by atoms with Gasteiger partial charge < -0.3 is 11.1 Å². The number of hydrogen-bond acceptors (Lipinski definition) is 2. The summed E-state index contributed by atoms with van der Waals surface area (Å²) in [4.78, 5) is 11.6. The summed E-state index contributed by atoms with van der Waals surface area (Å²) in [6.07, 6.45) is -3.24. The summed E-state index contributed by atoms with van der Waals surface area (Å²) in [6, 6.07) is 5.38. The van der Waals surface area contributed by atoms with E-state index in [-0.39, 0.29) is 24.4 Å². The molecule has 1 aliphatic carbocycles. The fraction of sp³-hybridized carbons (Fsp3) is 0.462. The molecular weight excluding hydrogens is 257 g/mol. The Hall–Kier alpha value is -1.56. The quantitative estimate of drug-likeness (QED) is 0.882. The molecule has 19 heavy (non-hydrogen) atoms. The first-order valence-corrected chi connectivity index (χ1v) is 6.07. The van der Waals surface area contributed by atoms with Crippen molar-refractivity contribution < 1.29 is 18.0 Å². The lowest BCUT2D eigenvalue weighted by atomic mass is 9.97. The molecule has 1 fully saturated rings. The topological polar surface area (TPSA) is 55.1 Å². The molecule has 2 rings (SSSR count). The zero-order valence-electron chi connectivity index (χ0n) is 10.3. The zero-order valence-corrected chi connectivity index (χ0v) is 10.3. The second-order valence-electron chi connectivity index (χ2n) is 4.71. The van der Waals surface area contributed by atoms with Crippen LogP contribution in [-0.2, 0) is 16.5 Å². The van der Waals surface area contributed by atoms with Crippen LogP contribution in [0, 0.1) is 0 Å². The second kappa shape index (κ2) is 4.85. The maximum Gasteiger partial charge on any atom is 0.416 e. The van der Waals surface area contributed by atoms with Crippen LogP contribution in [0.4, 0.5) is 13.2 Å². The van der Waals surface area contributed by atoms with Crippen molar-refractivity contribution in [3.8, 4) is 0 Å². The van der Waals surface area contributed by atoms with Gasteiger partial charge in [-0.1, -0.05) is 18.2 Å². The van der Waals surface area contributed by atoms with Gasteiger partial charge in [0.15, 0.2) is 0 Å². The van der Waals surface area contributed by atoms with Gasteiger partial charge in [-0.25, -0.2) is 0 Å². The Morgan fingerprint density at radius 3 is 2.47 bits per heavy atom. The van der Waals surface area contributed by atoms with Gasteiger partial charge in [-0.3, -0.25) is 4.79 Å². The average molecular weight is 272 g/mol. The number of alkyl halides is 3. The van der Waals surface area contributed by atoms with Gasteiger partial charge in [0.05, 0.1) is 11.1 Å². The molecule has 3 nitrogen and oxygen atoms in total. The van der Waals surface area contributed by atoms with Crippen molar-refractivity contribution in [1.82, 2.24) is 5.32 Å². The normalized spacial score (nSPS) is 17.1. The highest BCUT2D eigenvalue weighted by Gasteiger charge is 2.50. The molecule has 3 N–H and O–H groups in total. The van der Waals surface area contributed by atoms with Gasteiger partial charge in [-0.2, -0.15) is 13.2 Å². The molecule has 0 atom stereocenters. The zero-order chi connectivity index (χ0) is 14.1. The van der Waals surface area contributed by atoms with Gasteiger partial charge in [0, 0.05) is 13.0 Å². The van der Waals surface area contributed by atoms with Crippen molar-refractivity contribution >= 4 is 5.91 Å². The van der Waals surface area contributed by atoms with E-state index in [1.165, 1.54) is 12.1 Å². The summed E-state index contributed by atoms with van der Waals surface area (Å²) in [7, 11) is 0. The standard InChI is InChI=1S/C13H15F3N2O/c14-13(15,16)10-4-2-1-3-9(10)12(6-7-12)18-11(19)5-8-17/h1-4H,5-8,17H2,(H,18,19). The molecule has 0 saturated heterocycles. The third-order valence-corrected chi connectivity index (χ3v) is 3.25. The third-order valence-electron chi connectivity index (χ3n) is 3.25. The summed E-state index contributed by atoms with van der Waals surface area (Å²) in [5.41, 5.74) is 3.87. The van der Waals surface area contributed by atoms with Gasteiger partial charge in [-0.05, 0) is 24.5 Å². The van der Waals surface area contributed by atoms with E-state index in [4.69, 9.17) is 5.73 Å². The first-order valence-electron chi connectivity index (χ1n) is 6.07. The summed E-state index contributed by atoms with van der Waals surface area (Å²) >= 11 is 0. The number of hydrogen-bond donors (Lipinski definition) is 2. The fourth-order valence-corrected chi connectivity index (χ4v) is 2.19. The van der Waals surface area contributed by atoms with Gasteiger partial charge in [0.2, 0.25) is 5.91 Å². The molecule has 1 aromatic carbocycles. The van der Waals surface area contributed by atoms with Crippen LogP contribution in [0.2, 0.25) is 0 Å². The smallest absolute Gasteiger partial charge is 0.347 e. The first-order chi connectivity index (χ1) is 8.89. The van der Waals surface area contributed by atoms with Crippen molar-refractivity contribution in [2.24, 2.45) is 5.73 Å². The predicted molar refractivity (Wildman–Crippen MR) is 64.2 cm³/mol. The van der Waals surface area contributed by atoms with E-state index < -0.39 is 17.3 Å². The van der Waals surface area contributed by atoms with E-state index in [9.17, 15) is 18.0 Å². The highest BCUT2D eigenvalue weighted by Crippen LogP contribution is 2.49. The largest absolute Gasteiger partial charge is 0.416 e. The predicted octanol–water partition coefficient (Wildman–Crippen LogP) is 2.16. The van der Waals surface area contributed by atoms with Gasteiger partial charge in [-0.15, -0.1) is 0 Å². The number of rotatable bonds is 4. The highest BCUT2D eigenvalue weighted by molar-refractivity contribution is 5.78. The molecule has 1 saturated carbocycles. The summed E-state index contributed by atoms with van der Waals surface area (Å²) < 4.78 is 38.9. The van der Waals surface area contributed by atoms with Crippen molar-refractivity contribution in [2.75, 3.05) is 6.54 Å². The fourth-order valence-electron chi connectivity index (χ4n) is 2.19. The molecule has 0 radical (unpaired) electrons. The van der Waals surface area contributed by atoms with Crippen LogP contribution in [-0.4, -0.2) is 12.5 Å². The van der Waals surface area contributed by atoms with Crippen LogP contribution >= 0.6 is 0 Å². The van der Waals surface area contributed by atoms with Gasteiger partial charge in [0.1, 0.15) is 0 Å². The molecule has 0 unspecified atom stereocenters. The number of carbonyl (C=O) groups is 1. The molecule has 1 amide bonds. The third kappa shape index (κ3) is 2.89. The second-order valence-corrected chi connectivity index (χ2v) is 4.71. The summed E-state index contributed by atoms with van der Waals surface area (Å²) in [6.45, 7) is 0.183. The lowest BCUT2D eigenvalue weighted by Gasteiger charge is -2.22. The van der Waals surface area contributed by atoms with Crippen LogP contribution in [0.1, 0.15) is 30.4 Å².